The molecule has 1 aliphatic carbocycles. The van der Waals surface area contributed by atoms with E-state index in [0.29, 0.717) is 24.2 Å². The summed E-state index contributed by atoms with van der Waals surface area (Å²) in [5, 5.41) is 9.49. The maximum Gasteiger partial charge on any atom is 0.304 e. The Labute approximate surface area is 121 Å². The number of nitrogens with zero attached hydrogens (tertiary/aromatic N) is 3. The largest absolute Gasteiger partial charge is 0.481 e. The molecule has 0 bridgehead atoms. The second-order valence-corrected chi connectivity index (χ2v) is 5.63. The van der Waals surface area contributed by atoms with Crippen molar-refractivity contribution in [3.8, 4) is 0 Å². The lowest BCUT2D eigenvalue weighted by atomic mass is 10.3. The Bertz CT molecular complexity index is 636. The lowest BCUT2D eigenvalue weighted by Crippen LogP contribution is -2.28. The summed E-state index contributed by atoms with van der Waals surface area (Å²) in [6.07, 6.45) is 6.26. The number of halogens is 1. The average molecular weight is 294 g/mol. The third-order valence-corrected chi connectivity index (χ3v) is 3.73. The Kier molecular flexibility index (Phi) is 3.63. The molecule has 1 fully saturated rings. The minimum absolute atomic E-state index is 0.176. The Hall–Kier alpha value is -1.59. The van der Waals surface area contributed by atoms with E-state index in [1.165, 1.54) is 0 Å². The Balaban J connectivity index is 1.74. The van der Waals surface area contributed by atoms with Gasteiger partial charge in [-0.3, -0.25) is 9.69 Å². The Morgan fingerprint density at radius 3 is 2.95 bits per heavy atom. The molecule has 0 saturated heterocycles. The first-order valence-corrected chi connectivity index (χ1v) is 7.08. The highest BCUT2D eigenvalue weighted by atomic mass is 35.5. The molecule has 20 heavy (non-hydrogen) atoms. The molecule has 2 heterocycles. The monoisotopic (exact) mass is 293 g/mol. The SMILES string of the molecule is O=C(O)CCN(Cc1cn2cc(Cl)ccc2n1)C1CC1. The molecule has 1 saturated carbocycles. The fourth-order valence-electron chi connectivity index (χ4n) is 2.37. The van der Waals surface area contributed by atoms with E-state index in [1.54, 1.807) is 0 Å². The molecule has 2 aromatic heterocycles. The summed E-state index contributed by atoms with van der Waals surface area (Å²) < 4.78 is 1.90. The van der Waals surface area contributed by atoms with Crippen LogP contribution in [0.25, 0.3) is 5.65 Å². The quantitative estimate of drug-likeness (QED) is 0.889. The molecular formula is C14H16ClN3O2. The first-order chi connectivity index (χ1) is 9.61. The summed E-state index contributed by atoms with van der Waals surface area (Å²) in [7, 11) is 0. The molecule has 6 heteroatoms. The van der Waals surface area contributed by atoms with Gasteiger partial charge < -0.3 is 9.51 Å². The summed E-state index contributed by atoms with van der Waals surface area (Å²) in [6, 6.07) is 4.21. The van der Waals surface area contributed by atoms with Crippen LogP contribution in [0, 0.1) is 0 Å². The van der Waals surface area contributed by atoms with Gasteiger partial charge in [-0.1, -0.05) is 11.6 Å². The molecule has 1 N–H and O–H groups in total. The number of imidazole rings is 1. The van der Waals surface area contributed by atoms with Crippen LogP contribution in [0.2, 0.25) is 5.02 Å². The lowest BCUT2D eigenvalue weighted by molar-refractivity contribution is -0.137. The molecule has 0 aliphatic heterocycles. The standard InChI is InChI=1S/C14H16ClN3O2/c15-10-1-4-13-16-11(9-18(13)7-10)8-17(12-2-3-12)6-5-14(19)20/h1,4,7,9,12H,2-3,5-6,8H2,(H,19,20). The van der Waals surface area contributed by atoms with Gasteiger partial charge in [0.05, 0.1) is 17.1 Å². The van der Waals surface area contributed by atoms with Crippen LogP contribution in [0.4, 0.5) is 0 Å². The number of aromatic nitrogens is 2. The number of rotatable bonds is 6. The van der Waals surface area contributed by atoms with Gasteiger partial charge in [-0.05, 0) is 25.0 Å². The van der Waals surface area contributed by atoms with Crippen molar-refractivity contribution in [1.29, 1.82) is 0 Å². The molecule has 0 amide bonds. The molecule has 0 radical (unpaired) electrons. The fourth-order valence-corrected chi connectivity index (χ4v) is 2.54. The van der Waals surface area contributed by atoms with E-state index in [4.69, 9.17) is 16.7 Å². The van der Waals surface area contributed by atoms with Crippen molar-refractivity contribution in [2.24, 2.45) is 0 Å². The van der Waals surface area contributed by atoms with Crippen LogP contribution in [0.5, 0.6) is 0 Å². The minimum atomic E-state index is -0.752. The van der Waals surface area contributed by atoms with Crippen LogP contribution in [0.3, 0.4) is 0 Å². The first kappa shape index (κ1) is 13.4. The summed E-state index contributed by atoms with van der Waals surface area (Å²) in [5.41, 5.74) is 1.81. The summed E-state index contributed by atoms with van der Waals surface area (Å²) in [4.78, 5) is 17.5. The van der Waals surface area contributed by atoms with Crippen LogP contribution >= 0.6 is 11.6 Å². The van der Waals surface area contributed by atoms with E-state index in [1.807, 2.05) is 28.9 Å². The maximum atomic E-state index is 10.7. The van der Waals surface area contributed by atoms with Crippen LogP contribution in [-0.2, 0) is 11.3 Å². The smallest absolute Gasteiger partial charge is 0.304 e. The van der Waals surface area contributed by atoms with Crippen molar-refractivity contribution in [3.05, 3.63) is 35.2 Å². The van der Waals surface area contributed by atoms with Crippen molar-refractivity contribution in [1.82, 2.24) is 14.3 Å². The molecule has 3 rings (SSSR count). The number of fused-ring (bicyclic) bond motifs is 1. The van der Waals surface area contributed by atoms with Crippen LogP contribution in [0.15, 0.2) is 24.5 Å². The molecular weight excluding hydrogens is 278 g/mol. The Morgan fingerprint density at radius 2 is 2.25 bits per heavy atom. The normalized spacial score (nSPS) is 15.1. The number of carbonyl (C=O) groups is 1. The van der Waals surface area contributed by atoms with Crippen molar-refractivity contribution in [2.45, 2.75) is 31.8 Å². The van der Waals surface area contributed by atoms with Crippen LogP contribution < -0.4 is 0 Å². The highest BCUT2D eigenvalue weighted by molar-refractivity contribution is 6.30. The zero-order valence-corrected chi connectivity index (χ0v) is 11.8. The van der Waals surface area contributed by atoms with Gasteiger partial charge in [-0.2, -0.15) is 0 Å². The summed E-state index contributed by atoms with van der Waals surface area (Å²) in [5.74, 6) is -0.752. The molecule has 2 aromatic rings. The van der Waals surface area contributed by atoms with Crippen LogP contribution in [-0.4, -0.2) is 37.9 Å². The maximum absolute atomic E-state index is 10.7. The van der Waals surface area contributed by atoms with E-state index < -0.39 is 5.97 Å². The number of aliphatic carboxylic acids is 1. The number of carboxylic acids is 1. The van der Waals surface area contributed by atoms with Crippen molar-refractivity contribution in [3.63, 3.8) is 0 Å². The van der Waals surface area contributed by atoms with Gasteiger partial charge in [0.2, 0.25) is 0 Å². The predicted molar refractivity (Wildman–Crippen MR) is 75.9 cm³/mol. The van der Waals surface area contributed by atoms with E-state index in [0.717, 1.165) is 24.2 Å². The van der Waals surface area contributed by atoms with Gasteiger partial charge in [0.25, 0.3) is 0 Å². The molecule has 106 valence electrons. The first-order valence-electron chi connectivity index (χ1n) is 6.71. The number of pyridine rings is 1. The van der Waals surface area contributed by atoms with Gasteiger partial charge in [-0.25, -0.2) is 4.98 Å². The molecule has 0 atom stereocenters. The highest BCUT2D eigenvalue weighted by Crippen LogP contribution is 2.28. The molecule has 5 nitrogen and oxygen atoms in total. The minimum Gasteiger partial charge on any atom is -0.481 e. The lowest BCUT2D eigenvalue weighted by Gasteiger charge is -2.19. The van der Waals surface area contributed by atoms with E-state index in [9.17, 15) is 4.79 Å². The van der Waals surface area contributed by atoms with Gasteiger partial charge in [0, 0.05) is 31.5 Å². The number of hydrogen-bond acceptors (Lipinski definition) is 3. The molecule has 0 spiro atoms. The summed E-state index contributed by atoms with van der Waals surface area (Å²) in [6.45, 7) is 1.27. The van der Waals surface area contributed by atoms with E-state index in [-0.39, 0.29) is 6.42 Å². The average Bonchev–Trinajstić information content (AvgIpc) is 3.15. The molecule has 1 aliphatic rings. The van der Waals surface area contributed by atoms with Gasteiger partial charge in [-0.15, -0.1) is 0 Å². The Morgan fingerprint density at radius 1 is 1.45 bits per heavy atom. The van der Waals surface area contributed by atoms with Gasteiger partial charge >= 0.3 is 5.97 Å². The molecule has 0 aromatic carbocycles. The molecule has 0 unspecified atom stereocenters. The van der Waals surface area contributed by atoms with Crippen LogP contribution in [0.1, 0.15) is 25.0 Å². The predicted octanol–water partition coefficient (Wildman–Crippen LogP) is 2.43. The fraction of sp³-hybridized carbons (Fsp3) is 0.429. The highest BCUT2D eigenvalue weighted by Gasteiger charge is 2.29. The number of hydrogen-bond donors (Lipinski definition) is 1. The zero-order chi connectivity index (χ0) is 14.1. The zero-order valence-electron chi connectivity index (χ0n) is 11.0. The third kappa shape index (κ3) is 3.11. The van der Waals surface area contributed by atoms with E-state index >= 15 is 0 Å². The summed E-state index contributed by atoms with van der Waals surface area (Å²) >= 11 is 5.95. The van der Waals surface area contributed by atoms with E-state index in [2.05, 4.69) is 9.88 Å². The third-order valence-electron chi connectivity index (χ3n) is 3.51. The topological polar surface area (TPSA) is 57.8 Å². The van der Waals surface area contributed by atoms with Crippen molar-refractivity contribution in [2.75, 3.05) is 6.54 Å². The number of carboxylic acid groups (broad SMARTS) is 1. The van der Waals surface area contributed by atoms with Crippen molar-refractivity contribution < 1.29 is 9.90 Å². The van der Waals surface area contributed by atoms with Gasteiger partial charge in [0.1, 0.15) is 5.65 Å². The van der Waals surface area contributed by atoms with Crippen molar-refractivity contribution >= 4 is 23.2 Å². The second kappa shape index (κ2) is 5.42. The second-order valence-electron chi connectivity index (χ2n) is 5.19. The van der Waals surface area contributed by atoms with Gasteiger partial charge in [0.15, 0.2) is 0 Å².